The molecule has 1 aliphatic heterocycles. The number of ether oxygens (including phenoxy) is 1. The SMILES string of the molecule is COc1cccc(C(=O)N2CCN(c3ccc([N+](=O)[O-])c(-c4ccccc4)n3)CC2)c1. The van der Waals surface area contributed by atoms with Crippen LogP contribution in [0, 0.1) is 10.1 Å². The molecule has 1 aromatic heterocycles. The lowest BCUT2D eigenvalue weighted by Crippen LogP contribution is -2.49. The van der Waals surface area contributed by atoms with Crippen molar-refractivity contribution in [1.82, 2.24) is 9.88 Å². The molecule has 1 aliphatic rings. The van der Waals surface area contributed by atoms with E-state index < -0.39 is 4.92 Å². The Morgan fingerprint density at radius 3 is 2.42 bits per heavy atom. The number of hydrogen-bond donors (Lipinski definition) is 0. The highest BCUT2D eigenvalue weighted by molar-refractivity contribution is 5.94. The van der Waals surface area contributed by atoms with Gasteiger partial charge in [0.15, 0.2) is 5.69 Å². The quantitative estimate of drug-likeness (QED) is 0.464. The molecule has 0 bridgehead atoms. The molecular weight excluding hydrogens is 396 g/mol. The smallest absolute Gasteiger partial charge is 0.295 e. The lowest BCUT2D eigenvalue weighted by atomic mass is 10.1. The number of benzene rings is 2. The molecule has 2 heterocycles. The summed E-state index contributed by atoms with van der Waals surface area (Å²) >= 11 is 0. The predicted molar refractivity (Wildman–Crippen MR) is 117 cm³/mol. The molecule has 1 fully saturated rings. The van der Waals surface area contributed by atoms with Crippen molar-refractivity contribution in [2.24, 2.45) is 0 Å². The fourth-order valence-corrected chi connectivity index (χ4v) is 3.65. The van der Waals surface area contributed by atoms with E-state index in [0.717, 1.165) is 0 Å². The normalized spacial score (nSPS) is 13.7. The molecule has 0 N–H and O–H groups in total. The van der Waals surface area contributed by atoms with Gasteiger partial charge in [0.05, 0.1) is 12.0 Å². The second kappa shape index (κ2) is 8.83. The number of methoxy groups -OCH3 is 1. The summed E-state index contributed by atoms with van der Waals surface area (Å²) in [7, 11) is 1.57. The standard InChI is InChI=1S/C23H22N4O4/c1-31-19-9-5-8-18(16-19)23(28)26-14-12-25(13-15-26)21-11-10-20(27(29)30)22(24-21)17-6-3-2-4-7-17/h2-11,16H,12-15H2,1H3. The van der Waals surface area contributed by atoms with Crippen molar-refractivity contribution in [3.63, 3.8) is 0 Å². The van der Waals surface area contributed by atoms with E-state index in [-0.39, 0.29) is 11.6 Å². The van der Waals surface area contributed by atoms with Crippen molar-refractivity contribution in [1.29, 1.82) is 0 Å². The summed E-state index contributed by atoms with van der Waals surface area (Å²) < 4.78 is 5.21. The first kappa shape index (κ1) is 20.3. The maximum atomic E-state index is 12.8. The third-order valence-corrected chi connectivity index (χ3v) is 5.31. The minimum atomic E-state index is -0.413. The Kier molecular flexibility index (Phi) is 5.79. The monoisotopic (exact) mass is 418 g/mol. The van der Waals surface area contributed by atoms with Gasteiger partial charge in [-0.3, -0.25) is 14.9 Å². The van der Waals surface area contributed by atoms with E-state index in [0.29, 0.717) is 54.6 Å². The average Bonchev–Trinajstić information content (AvgIpc) is 2.84. The topological polar surface area (TPSA) is 88.8 Å². The van der Waals surface area contributed by atoms with Gasteiger partial charge < -0.3 is 14.5 Å². The van der Waals surface area contributed by atoms with Crippen LogP contribution in [0.3, 0.4) is 0 Å². The van der Waals surface area contributed by atoms with E-state index >= 15 is 0 Å². The highest BCUT2D eigenvalue weighted by Crippen LogP contribution is 2.30. The van der Waals surface area contributed by atoms with Crippen molar-refractivity contribution in [2.45, 2.75) is 0 Å². The van der Waals surface area contributed by atoms with E-state index in [4.69, 9.17) is 4.74 Å². The summed E-state index contributed by atoms with van der Waals surface area (Å²) in [6.45, 7) is 2.26. The van der Waals surface area contributed by atoms with Gasteiger partial charge >= 0.3 is 0 Å². The summed E-state index contributed by atoms with van der Waals surface area (Å²) in [5.41, 5.74) is 1.61. The summed E-state index contributed by atoms with van der Waals surface area (Å²) in [6, 6.07) is 19.4. The average molecular weight is 418 g/mol. The molecule has 4 rings (SSSR count). The van der Waals surface area contributed by atoms with Crippen LogP contribution in [-0.2, 0) is 0 Å². The van der Waals surface area contributed by atoms with E-state index in [2.05, 4.69) is 4.98 Å². The van der Waals surface area contributed by atoms with Gasteiger partial charge in [-0.2, -0.15) is 0 Å². The van der Waals surface area contributed by atoms with Crippen LogP contribution in [0.2, 0.25) is 0 Å². The van der Waals surface area contributed by atoms with E-state index in [1.807, 2.05) is 35.2 Å². The molecule has 1 saturated heterocycles. The first-order valence-electron chi connectivity index (χ1n) is 9.96. The fraction of sp³-hybridized carbons (Fsp3) is 0.217. The lowest BCUT2D eigenvalue weighted by Gasteiger charge is -2.35. The number of rotatable bonds is 5. The lowest BCUT2D eigenvalue weighted by molar-refractivity contribution is -0.384. The zero-order valence-corrected chi connectivity index (χ0v) is 17.1. The molecule has 8 nitrogen and oxygen atoms in total. The number of piperazine rings is 1. The number of pyridine rings is 1. The Balaban J connectivity index is 1.51. The van der Waals surface area contributed by atoms with Crippen molar-refractivity contribution in [3.05, 3.63) is 82.4 Å². The first-order chi connectivity index (χ1) is 15.1. The zero-order chi connectivity index (χ0) is 21.8. The molecule has 1 amide bonds. The number of carbonyl (C=O) groups is 1. The van der Waals surface area contributed by atoms with Gasteiger partial charge in [0, 0.05) is 43.4 Å². The van der Waals surface area contributed by atoms with Gasteiger partial charge in [-0.1, -0.05) is 36.4 Å². The molecule has 0 spiro atoms. The largest absolute Gasteiger partial charge is 0.497 e. The van der Waals surface area contributed by atoms with Gasteiger partial charge in [0.1, 0.15) is 11.6 Å². The number of carbonyl (C=O) groups excluding carboxylic acids is 1. The molecule has 0 radical (unpaired) electrons. The summed E-state index contributed by atoms with van der Waals surface area (Å²) in [5, 5.41) is 11.5. The van der Waals surface area contributed by atoms with Crippen LogP contribution in [0.5, 0.6) is 5.75 Å². The van der Waals surface area contributed by atoms with Crippen molar-refractivity contribution in [2.75, 3.05) is 38.2 Å². The summed E-state index contributed by atoms with van der Waals surface area (Å²) in [6.07, 6.45) is 0. The van der Waals surface area contributed by atoms with Crippen molar-refractivity contribution >= 4 is 17.4 Å². The predicted octanol–water partition coefficient (Wildman–Crippen LogP) is 3.63. The molecule has 3 aromatic rings. The zero-order valence-electron chi connectivity index (χ0n) is 17.1. The Morgan fingerprint density at radius 2 is 1.74 bits per heavy atom. The Morgan fingerprint density at radius 1 is 1.00 bits per heavy atom. The maximum Gasteiger partial charge on any atom is 0.295 e. The van der Waals surface area contributed by atoms with Crippen LogP contribution in [-0.4, -0.2) is 54.0 Å². The molecule has 2 aromatic carbocycles. The van der Waals surface area contributed by atoms with Gasteiger partial charge in [0.25, 0.3) is 11.6 Å². The molecule has 31 heavy (non-hydrogen) atoms. The number of amides is 1. The van der Waals surface area contributed by atoms with Gasteiger partial charge in [-0.25, -0.2) is 4.98 Å². The molecular formula is C23H22N4O4. The number of hydrogen-bond acceptors (Lipinski definition) is 6. The first-order valence-corrected chi connectivity index (χ1v) is 9.96. The Labute approximate surface area is 179 Å². The number of nitrogens with zero attached hydrogens (tertiary/aromatic N) is 4. The van der Waals surface area contributed by atoms with Crippen molar-refractivity contribution < 1.29 is 14.5 Å². The summed E-state index contributed by atoms with van der Waals surface area (Å²) in [4.78, 5) is 32.3. The Hall–Kier alpha value is -3.94. The van der Waals surface area contributed by atoms with Crippen LogP contribution >= 0.6 is 0 Å². The van der Waals surface area contributed by atoms with Crippen LogP contribution in [0.15, 0.2) is 66.7 Å². The van der Waals surface area contributed by atoms with Crippen LogP contribution in [0.1, 0.15) is 10.4 Å². The van der Waals surface area contributed by atoms with Gasteiger partial charge in [-0.15, -0.1) is 0 Å². The third kappa shape index (κ3) is 4.32. The van der Waals surface area contributed by atoms with Crippen LogP contribution in [0.4, 0.5) is 11.5 Å². The minimum Gasteiger partial charge on any atom is -0.497 e. The molecule has 0 aliphatic carbocycles. The highest BCUT2D eigenvalue weighted by Gasteiger charge is 2.25. The third-order valence-electron chi connectivity index (χ3n) is 5.31. The molecule has 158 valence electrons. The molecule has 8 heteroatoms. The van der Waals surface area contributed by atoms with E-state index in [1.165, 1.54) is 6.07 Å². The second-order valence-corrected chi connectivity index (χ2v) is 7.17. The summed E-state index contributed by atoms with van der Waals surface area (Å²) in [5.74, 6) is 1.27. The van der Waals surface area contributed by atoms with Crippen molar-refractivity contribution in [3.8, 4) is 17.0 Å². The second-order valence-electron chi connectivity index (χ2n) is 7.17. The van der Waals surface area contributed by atoms with Gasteiger partial charge in [0.2, 0.25) is 0 Å². The minimum absolute atomic E-state index is 0.0261. The number of aromatic nitrogens is 1. The Bertz CT molecular complexity index is 1100. The molecule has 0 saturated carbocycles. The van der Waals surface area contributed by atoms with Gasteiger partial charge in [-0.05, 0) is 24.3 Å². The number of nitro groups is 1. The molecule has 0 atom stereocenters. The molecule has 0 unspecified atom stereocenters. The van der Waals surface area contributed by atoms with Crippen LogP contribution in [0.25, 0.3) is 11.3 Å². The van der Waals surface area contributed by atoms with Crippen LogP contribution < -0.4 is 9.64 Å². The van der Waals surface area contributed by atoms with E-state index in [9.17, 15) is 14.9 Å². The number of anilines is 1. The highest BCUT2D eigenvalue weighted by atomic mass is 16.6. The van der Waals surface area contributed by atoms with E-state index in [1.54, 1.807) is 42.3 Å². The maximum absolute atomic E-state index is 12.8. The fourth-order valence-electron chi connectivity index (χ4n) is 3.65.